The lowest BCUT2D eigenvalue weighted by Gasteiger charge is -2.32. The fraction of sp³-hybridized carbons (Fsp3) is 0.118. The molecule has 12 heteroatoms. The highest BCUT2D eigenvalue weighted by atomic mass is 16.5. The largest absolute Gasteiger partial charge is 0.497 e. The van der Waals surface area contributed by atoms with Crippen molar-refractivity contribution in [2.45, 2.75) is 40.0 Å². The molecule has 18 rings (SSSR count). The number of para-hydroxylation sites is 3. The quantitative estimate of drug-likeness (QED) is 0.0842. The van der Waals surface area contributed by atoms with Crippen LogP contribution in [0.5, 0.6) is 17.2 Å². The third kappa shape index (κ3) is 12.8. The second kappa shape index (κ2) is 32.1. The van der Waals surface area contributed by atoms with Gasteiger partial charge in [-0.1, -0.05) is 276 Å². The van der Waals surface area contributed by atoms with Gasteiger partial charge in [0.1, 0.15) is 33.5 Å². The van der Waals surface area contributed by atoms with Gasteiger partial charge in [-0.3, -0.25) is 14.4 Å². The summed E-state index contributed by atoms with van der Waals surface area (Å²) in [5, 5.41) is 20.1. The number of methoxy groups -OCH3 is 3. The van der Waals surface area contributed by atoms with Crippen LogP contribution in [0, 0.1) is 16.2 Å². The Hall–Kier alpha value is -14.1. The maximum Gasteiger partial charge on any atom is 0.268 e. The van der Waals surface area contributed by atoms with E-state index < -0.39 is 16.2 Å². The van der Waals surface area contributed by atoms with Crippen molar-refractivity contribution in [3.63, 3.8) is 0 Å². The summed E-state index contributed by atoms with van der Waals surface area (Å²) in [7, 11) is 4.96. The molecule has 114 heavy (non-hydrogen) atoms. The number of carbonyl (C=O) groups excluding carboxylic acids is 3. The molecule has 3 aliphatic heterocycles. The first-order valence-electron chi connectivity index (χ1n) is 38.6. The number of anilines is 3. The summed E-state index contributed by atoms with van der Waals surface area (Å²) in [6, 6.07) is 114. The Kier molecular flexibility index (Phi) is 20.8. The summed E-state index contributed by atoms with van der Waals surface area (Å²) in [6.45, 7) is 6.44. The molecule has 0 fully saturated rings. The van der Waals surface area contributed by atoms with Gasteiger partial charge in [-0.25, -0.2) is 0 Å². The molecule has 3 atom stereocenters. The summed E-state index contributed by atoms with van der Waals surface area (Å²) >= 11 is 0. The van der Waals surface area contributed by atoms with Gasteiger partial charge < -0.3 is 14.2 Å². The molecule has 0 aromatic heterocycles. The number of benzene rings is 12. The molecular weight excluding hydrogens is 1410 g/mol. The average Bonchev–Trinajstić information content (AvgIpc) is 1.54. The Morgan fingerprint density at radius 2 is 0.439 bits per heavy atom. The number of carbonyl (C=O) groups is 3. The molecule has 0 bridgehead atoms. The third-order valence-electron chi connectivity index (χ3n) is 22.1. The van der Waals surface area contributed by atoms with Crippen molar-refractivity contribution in [1.29, 1.82) is 0 Å². The van der Waals surface area contributed by atoms with Gasteiger partial charge >= 0.3 is 0 Å². The number of nitrogens with zero attached hydrogens (tertiary/aromatic N) is 6. The molecule has 3 amide bonds. The van der Waals surface area contributed by atoms with Crippen molar-refractivity contribution in [3.8, 4) is 17.2 Å². The molecule has 558 valence electrons. The second-order valence-electron chi connectivity index (χ2n) is 28.3. The summed E-state index contributed by atoms with van der Waals surface area (Å²) in [5.74, 6) is 2.04. The Labute approximate surface area is 666 Å². The van der Waals surface area contributed by atoms with E-state index in [1.807, 2.05) is 273 Å². The van der Waals surface area contributed by atoms with Crippen molar-refractivity contribution in [2.24, 2.45) is 31.5 Å². The zero-order valence-corrected chi connectivity index (χ0v) is 64.4. The van der Waals surface area contributed by atoms with E-state index in [1.165, 1.54) is 0 Å². The lowest BCUT2D eigenvalue weighted by Crippen LogP contribution is -2.41. The maximum absolute atomic E-state index is 15.0. The van der Waals surface area contributed by atoms with Crippen molar-refractivity contribution in [2.75, 3.05) is 36.4 Å². The van der Waals surface area contributed by atoms with Gasteiger partial charge in [-0.15, -0.1) is 0 Å². The molecule has 12 nitrogen and oxygen atoms in total. The number of allylic oxidation sites excluding steroid dienone is 6. The predicted molar refractivity (Wildman–Crippen MR) is 462 cm³/mol. The molecule has 0 radical (unpaired) electrons. The van der Waals surface area contributed by atoms with E-state index in [-0.39, 0.29) is 17.7 Å². The fourth-order valence-corrected chi connectivity index (χ4v) is 16.9. The minimum absolute atomic E-state index is 0.0769. The van der Waals surface area contributed by atoms with Crippen LogP contribution < -0.4 is 29.2 Å². The number of hydrogen-bond acceptors (Lipinski definition) is 9. The van der Waals surface area contributed by atoms with E-state index >= 15 is 0 Å². The van der Waals surface area contributed by atoms with E-state index in [4.69, 9.17) is 29.5 Å². The Morgan fingerprint density at radius 3 is 0.632 bits per heavy atom. The molecule has 3 aliphatic carbocycles. The van der Waals surface area contributed by atoms with Gasteiger partial charge in [0.05, 0.1) is 55.5 Å². The van der Waals surface area contributed by atoms with Crippen LogP contribution in [0.4, 0.5) is 17.1 Å². The van der Waals surface area contributed by atoms with Crippen LogP contribution in [-0.4, -0.2) is 56.2 Å². The van der Waals surface area contributed by atoms with Crippen LogP contribution in [0.3, 0.4) is 0 Å². The topological polar surface area (TPSA) is 126 Å². The first-order valence-corrected chi connectivity index (χ1v) is 38.6. The Morgan fingerprint density at radius 1 is 0.246 bits per heavy atom. The van der Waals surface area contributed by atoms with Gasteiger partial charge in [0, 0.05) is 0 Å². The van der Waals surface area contributed by atoms with Gasteiger partial charge in [-0.2, -0.15) is 30.3 Å². The highest BCUT2D eigenvalue weighted by Gasteiger charge is 2.63. The van der Waals surface area contributed by atoms with Crippen molar-refractivity contribution >= 4 is 85.4 Å². The Balaban J connectivity index is 0.000000129. The van der Waals surface area contributed by atoms with E-state index in [2.05, 4.69) is 112 Å². The van der Waals surface area contributed by atoms with E-state index in [9.17, 15) is 14.4 Å². The van der Waals surface area contributed by atoms with E-state index in [0.29, 0.717) is 17.1 Å². The van der Waals surface area contributed by atoms with E-state index in [0.717, 1.165) is 154 Å². The highest BCUT2D eigenvalue weighted by molar-refractivity contribution is 6.42. The van der Waals surface area contributed by atoms with Crippen LogP contribution in [-0.2, 0) is 14.4 Å². The lowest BCUT2D eigenvalue weighted by atomic mass is 9.66. The molecule has 12 aromatic carbocycles. The highest BCUT2D eigenvalue weighted by Crippen LogP contribution is 2.63. The minimum atomic E-state index is -1.11. The van der Waals surface area contributed by atoms with Crippen molar-refractivity contribution in [3.05, 3.63) is 431 Å². The molecule has 0 saturated heterocycles. The molecule has 3 heterocycles. The molecule has 0 N–H and O–H groups in total. The van der Waals surface area contributed by atoms with Crippen LogP contribution in [0.25, 0.3) is 33.4 Å². The summed E-state index contributed by atoms with van der Waals surface area (Å²) < 4.78 is 16.3. The maximum atomic E-state index is 15.0. The van der Waals surface area contributed by atoms with Crippen molar-refractivity contribution < 1.29 is 28.6 Å². The summed E-state index contributed by atoms with van der Waals surface area (Å²) in [5.41, 5.74) is 19.0. The molecule has 6 aliphatic rings. The monoisotopic (exact) mass is 1490 g/mol. The number of hydrazone groups is 3. The number of rotatable bonds is 18. The van der Waals surface area contributed by atoms with Crippen LogP contribution >= 0.6 is 0 Å². The first-order chi connectivity index (χ1) is 56.0. The first kappa shape index (κ1) is 74.0. The standard InChI is InChI=1S/3C34H28N2O2/c3*1-3-24-23-30(25-13-7-4-8-14-25)34(31(24)26-15-9-5-10-16-26)32(27-19-21-29(38-2)22-20-27)35-36(33(34)37)28-17-11-6-12-18-28/h3*4-23H,3H2,1-2H3/t3*34-/m110/s1. The minimum Gasteiger partial charge on any atom is -0.497 e. The molecule has 12 aromatic rings. The lowest BCUT2D eigenvalue weighted by molar-refractivity contribution is -0.121. The second-order valence-corrected chi connectivity index (χ2v) is 28.3. The van der Waals surface area contributed by atoms with Crippen LogP contribution in [0.1, 0.15) is 90.1 Å². The van der Waals surface area contributed by atoms with Gasteiger partial charge in [0.2, 0.25) is 0 Å². The van der Waals surface area contributed by atoms with Gasteiger partial charge in [0.25, 0.3) is 17.7 Å². The zero-order valence-electron chi connectivity index (χ0n) is 64.4. The SMILES string of the molecule is CCC1=C(c2ccccc2)[C@@]2(C(=O)N(c3ccccc3)N=C2c2ccc(OC)cc2)C(c2ccccc2)=C1.CCC1=C(c2ccccc2)[C@]2(C(=O)N(c3ccccc3)N=C2c2ccc(OC)cc2)C(c2ccccc2)=C1.CCC1=C(c2ccccc2)[C@]2(C(=O)N(c3ccccc3)N=C2c2ccc(OC)cc2)C(c2ccccc2)=C1. The summed E-state index contributed by atoms with van der Waals surface area (Å²) in [4.78, 5) is 44.9. The normalized spacial score (nSPS) is 18.7. The third-order valence-corrected chi connectivity index (χ3v) is 22.1. The number of amides is 3. The molecule has 3 spiro atoms. The molecule has 0 unspecified atom stereocenters. The number of hydrogen-bond donors (Lipinski definition) is 0. The van der Waals surface area contributed by atoms with Gasteiger partial charge in [-0.05, 0) is 229 Å². The molecular formula is C102H84N6O6. The zero-order chi connectivity index (χ0) is 78.3. The molecule has 0 saturated carbocycles. The predicted octanol–water partition coefficient (Wildman–Crippen LogP) is 22.2. The van der Waals surface area contributed by atoms with Gasteiger partial charge in [0.15, 0.2) is 0 Å². The Bertz CT molecular complexity index is 5290. The smallest absolute Gasteiger partial charge is 0.268 e. The summed E-state index contributed by atoms with van der Waals surface area (Å²) in [6.07, 6.45) is 9.00. The van der Waals surface area contributed by atoms with Crippen LogP contribution in [0.15, 0.2) is 396 Å². The number of ether oxygens (including phenoxy) is 3. The fourth-order valence-electron chi connectivity index (χ4n) is 16.9. The van der Waals surface area contributed by atoms with E-state index in [1.54, 1.807) is 36.4 Å². The average molecular weight is 1490 g/mol. The van der Waals surface area contributed by atoms with Crippen LogP contribution in [0.2, 0.25) is 0 Å². The van der Waals surface area contributed by atoms with Crippen molar-refractivity contribution in [1.82, 2.24) is 0 Å².